The average molecular weight is 394 g/mol. The van der Waals surface area contributed by atoms with Gasteiger partial charge in [0, 0.05) is 31.9 Å². The van der Waals surface area contributed by atoms with E-state index in [1.165, 1.54) is 48.0 Å². The van der Waals surface area contributed by atoms with Crippen LogP contribution in [0.25, 0.3) is 42.6 Å². The summed E-state index contributed by atoms with van der Waals surface area (Å²) in [5, 5.41) is 2.66. The molecule has 0 aliphatic carbocycles. The second-order valence-corrected chi connectivity index (χ2v) is 8.96. The molecule has 0 atom stereocenters. The highest BCUT2D eigenvalue weighted by Gasteiger charge is 2.15. The molecule has 142 valence electrons. The molecule has 0 bridgehead atoms. The summed E-state index contributed by atoms with van der Waals surface area (Å²) >= 11 is 1.87. The molecule has 2 aromatic heterocycles. The summed E-state index contributed by atoms with van der Waals surface area (Å²) in [6.45, 7) is 6.65. The summed E-state index contributed by atoms with van der Waals surface area (Å²) in [5.41, 5.74) is 7.49. The first-order valence-electron chi connectivity index (χ1n) is 10.1. The molecule has 5 aromatic rings. The Labute approximate surface area is 175 Å². The van der Waals surface area contributed by atoms with Crippen LogP contribution >= 0.6 is 11.3 Å². The van der Waals surface area contributed by atoms with Gasteiger partial charge in [0.05, 0.1) is 5.69 Å². The Balaban J connectivity index is 1.80. The van der Waals surface area contributed by atoms with Crippen molar-refractivity contribution in [3.05, 3.63) is 90.1 Å². The number of aromatic nitrogens is 1. The third-order valence-corrected chi connectivity index (χ3v) is 6.85. The predicted molar refractivity (Wildman–Crippen MR) is 127 cm³/mol. The van der Waals surface area contributed by atoms with Crippen LogP contribution in [-0.4, -0.2) is 4.98 Å². The number of pyridine rings is 1. The van der Waals surface area contributed by atoms with E-state index in [9.17, 15) is 0 Å². The van der Waals surface area contributed by atoms with Gasteiger partial charge in [0.2, 0.25) is 0 Å². The maximum Gasteiger partial charge on any atom is 0.0719 e. The van der Waals surface area contributed by atoms with Gasteiger partial charge in [-0.25, -0.2) is 0 Å². The molecule has 0 aliphatic heterocycles. The monoisotopic (exact) mass is 393 g/mol. The van der Waals surface area contributed by atoms with Gasteiger partial charge in [-0.1, -0.05) is 74.5 Å². The maximum atomic E-state index is 4.80. The Morgan fingerprint density at radius 1 is 0.828 bits per heavy atom. The standard InChI is InChI=1S/C27H23NS/c1-17(2)23-15-24(28-16-18(23)3)21-12-7-13-22-26-20(19-9-5-4-6-10-19)11-8-14-25(26)29-27(21)22/h4-17H,1-3H3. The number of hydrogen-bond donors (Lipinski definition) is 0. The number of nitrogens with zero attached hydrogens (tertiary/aromatic N) is 1. The van der Waals surface area contributed by atoms with Gasteiger partial charge in [-0.3, -0.25) is 4.98 Å². The fourth-order valence-electron chi connectivity index (χ4n) is 4.22. The van der Waals surface area contributed by atoms with Crippen molar-refractivity contribution in [2.24, 2.45) is 0 Å². The normalized spacial score (nSPS) is 11.6. The van der Waals surface area contributed by atoms with E-state index in [1.807, 2.05) is 17.5 Å². The van der Waals surface area contributed by atoms with E-state index < -0.39 is 0 Å². The van der Waals surface area contributed by atoms with Gasteiger partial charge in [0.1, 0.15) is 0 Å². The van der Waals surface area contributed by atoms with Gasteiger partial charge in [0.25, 0.3) is 0 Å². The quantitative estimate of drug-likeness (QED) is 0.301. The van der Waals surface area contributed by atoms with E-state index in [2.05, 4.69) is 93.6 Å². The highest BCUT2D eigenvalue weighted by atomic mass is 32.1. The van der Waals surface area contributed by atoms with Gasteiger partial charge < -0.3 is 0 Å². The molecule has 0 N–H and O–H groups in total. The molecule has 0 saturated heterocycles. The zero-order valence-electron chi connectivity index (χ0n) is 16.9. The number of rotatable bonds is 3. The fraction of sp³-hybridized carbons (Fsp3) is 0.148. The molecular formula is C27H23NS. The Kier molecular flexibility index (Phi) is 4.44. The lowest BCUT2D eigenvalue weighted by molar-refractivity contribution is 0.852. The molecule has 0 spiro atoms. The van der Waals surface area contributed by atoms with Crippen molar-refractivity contribution in [1.29, 1.82) is 0 Å². The minimum absolute atomic E-state index is 0.489. The van der Waals surface area contributed by atoms with Gasteiger partial charge in [0.15, 0.2) is 0 Å². The van der Waals surface area contributed by atoms with Crippen molar-refractivity contribution in [1.82, 2.24) is 4.98 Å². The van der Waals surface area contributed by atoms with Crippen LogP contribution in [0.4, 0.5) is 0 Å². The maximum absolute atomic E-state index is 4.80. The van der Waals surface area contributed by atoms with E-state index in [1.54, 1.807) is 0 Å². The first-order valence-corrected chi connectivity index (χ1v) is 10.9. The molecule has 0 saturated carbocycles. The molecule has 1 nitrogen and oxygen atoms in total. The predicted octanol–water partition coefficient (Wildman–Crippen LogP) is 8.22. The number of fused-ring (bicyclic) bond motifs is 3. The summed E-state index contributed by atoms with van der Waals surface area (Å²) < 4.78 is 2.64. The second-order valence-electron chi connectivity index (χ2n) is 7.91. The number of aryl methyl sites for hydroxylation is 1. The van der Waals surface area contributed by atoms with Crippen LogP contribution in [0.1, 0.15) is 30.9 Å². The van der Waals surface area contributed by atoms with Crippen LogP contribution in [0.2, 0.25) is 0 Å². The van der Waals surface area contributed by atoms with Crippen LogP contribution in [0.3, 0.4) is 0 Å². The topological polar surface area (TPSA) is 12.9 Å². The zero-order valence-corrected chi connectivity index (χ0v) is 17.8. The summed E-state index contributed by atoms with van der Waals surface area (Å²) in [6, 6.07) is 26.2. The lowest BCUT2D eigenvalue weighted by Gasteiger charge is -2.12. The van der Waals surface area contributed by atoms with Crippen LogP contribution in [0.5, 0.6) is 0 Å². The minimum Gasteiger partial charge on any atom is -0.256 e. The molecule has 0 fully saturated rings. The van der Waals surface area contributed by atoms with Crippen molar-refractivity contribution < 1.29 is 0 Å². The summed E-state index contributed by atoms with van der Waals surface area (Å²) in [7, 11) is 0. The van der Waals surface area contributed by atoms with Crippen molar-refractivity contribution in [2.45, 2.75) is 26.7 Å². The van der Waals surface area contributed by atoms with Gasteiger partial charge in [-0.15, -0.1) is 11.3 Å². The van der Waals surface area contributed by atoms with Crippen LogP contribution in [0.15, 0.2) is 79.0 Å². The van der Waals surface area contributed by atoms with Crippen molar-refractivity contribution >= 4 is 31.5 Å². The van der Waals surface area contributed by atoms with Crippen molar-refractivity contribution in [3.63, 3.8) is 0 Å². The summed E-state index contributed by atoms with van der Waals surface area (Å²) in [6.07, 6.45) is 2.02. The Bertz CT molecular complexity index is 1330. The van der Waals surface area contributed by atoms with E-state index >= 15 is 0 Å². The lowest BCUT2D eigenvalue weighted by atomic mass is 9.96. The third-order valence-electron chi connectivity index (χ3n) is 5.65. The van der Waals surface area contributed by atoms with E-state index in [0.717, 1.165) is 5.69 Å². The SMILES string of the molecule is Cc1cnc(-c2cccc3c2sc2cccc(-c4ccccc4)c23)cc1C(C)C. The van der Waals surface area contributed by atoms with Gasteiger partial charge >= 0.3 is 0 Å². The smallest absolute Gasteiger partial charge is 0.0719 e. The molecular weight excluding hydrogens is 370 g/mol. The van der Waals surface area contributed by atoms with Gasteiger partial charge in [-0.05, 0) is 47.2 Å². The Morgan fingerprint density at radius 2 is 1.59 bits per heavy atom. The largest absolute Gasteiger partial charge is 0.256 e. The molecule has 2 heterocycles. The molecule has 5 rings (SSSR count). The molecule has 3 aromatic carbocycles. The fourth-order valence-corrected chi connectivity index (χ4v) is 5.47. The van der Waals surface area contributed by atoms with Crippen molar-refractivity contribution in [3.8, 4) is 22.4 Å². The van der Waals surface area contributed by atoms with Crippen molar-refractivity contribution in [2.75, 3.05) is 0 Å². The van der Waals surface area contributed by atoms with Crippen LogP contribution in [0, 0.1) is 6.92 Å². The highest BCUT2D eigenvalue weighted by Crippen LogP contribution is 2.43. The Hall–Kier alpha value is -2.97. The molecule has 0 unspecified atom stereocenters. The van der Waals surface area contributed by atoms with Crippen LogP contribution < -0.4 is 0 Å². The number of thiophene rings is 1. The van der Waals surface area contributed by atoms with Crippen LogP contribution in [-0.2, 0) is 0 Å². The molecule has 0 aliphatic rings. The zero-order chi connectivity index (χ0) is 20.0. The Morgan fingerprint density at radius 3 is 2.38 bits per heavy atom. The number of benzene rings is 3. The number of hydrogen-bond acceptors (Lipinski definition) is 2. The second kappa shape index (κ2) is 7.13. The van der Waals surface area contributed by atoms with Gasteiger partial charge in [-0.2, -0.15) is 0 Å². The summed E-state index contributed by atoms with van der Waals surface area (Å²) in [5.74, 6) is 0.489. The first-order chi connectivity index (χ1) is 14.1. The van der Waals surface area contributed by atoms with E-state index in [4.69, 9.17) is 4.98 Å². The first kappa shape index (κ1) is 18.1. The lowest BCUT2D eigenvalue weighted by Crippen LogP contribution is -1.95. The third kappa shape index (κ3) is 3.04. The van der Waals surface area contributed by atoms with E-state index in [-0.39, 0.29) is 0 Å². The average Bonchev–Trinajstić information content (AvgIpc) is 3.13. The molecule has 0 radical (unpaired) electrons. The summed E-state index contributed by atoms with van der Waals surface area (Å²) in [4.78, 5) is 4.80. The van der Waals surface area contributed by atoms with E-state index in [0.29, 0.717) is 5.92 Å². The molecule has 0 amide bonds. The highest BCUT2D eigenvalue weighted by molar-refractivity contribution is 7.26. The molecule has 29 heavy (non-hydrogen) atoms. The minimum atomic E-state index is 0.489. The molecule has 2 heteroatoms.